The van der Waals surface area contributed by atoms with Crippen LogP contribution < -0.4 is 9.47 Å². The Hall–Kier alpha value is -2.11. The lowest BCUT2D eigenvalue weighted by Gasteiger charge is -2.52. The van der Waals surface area contributed by atoms with Crippen molar-refractivity contribution in [1.82, 2.24) is 9.88 Å². The summed E-state index contributed by atoms with van der Waals surface area (Å²) in [6.45, 7) is 5.23. The Kier molecular flexibility index (Phi) is 5.56. The maximum absolute atomic E-state index is 11.7. The van der Waals surface area contributed by atoms with E-state index in [1.54, 1.807) is 13.3 Å². The number of aromatic nitrogens is 1. The highest BCUT2D eigenvalue weighted by molar-refractivity contribution is 5.43. The van der Waals surface area contributed by atoms with E-state index in [1.165, 1.54) is 12.0 Å². The van der Waals surface area contributed by atoms with Crippen molar-refractivity contribution in [3.63, 3.8) is 0 Å². The van der Waals surface area contributed by atoms with Gasteiger partial charge in [-0.05, 0) is 49.6 Å². The number of methoxy groups -OCH3 is 1. The van der Waals surface area contributed by atoms with Crippen molar-refractivity contribution in [2.75, 3.05) is 26.8 Å². The number of hydrogen-bond donors (Lipinski definition) is 1. The number of fused-ring (bicyclic) bond motifs is 2. The second kappa shape index (κ2) is 8.10. The van der Waals surface area contributed by atoms with Gasteiger partial charge in [-0.15, -0.1) is 0 Å². The first-order chi connectivity index (χ1) is 13.6. The fourth-order valence-electron chi connectivity index (χ4n) is 5.03. The molecule has 2 atom stereocenters. The van der Waals surface area contributed by atoms with E-state index in [9.17, 15) is 5.11 Å². The van der Waals surface area contributed by atoms with Gasteiger partial charge in [0.1, 0.15) is 5.60 Å². The van der Waals surface area contributed by atoms with Crippen molar-refractivity contribution in [3.8, 4) is 11.5 Å². The second-order valence-corrected chi connectivity index (χ2v) is 7.98. The number of likely N-dealkylation sites (tertiary alicyclic amines) is 1. The Morgan fingerprint density at radius 2 is 1.93 bits per heavy atom. The summed E-state index contributed by atoms with van der Waals surface area (Å²) in [5.41, 5.74) is 1.25. The fraction of sp³-hybridized carbons (Fsp3) is 0.522. The molecule has 2 aliphatic rings. The van der Waals surface area contributed by atoms with Crippen LogP contribution >= 0.6 is 0 Å². The van der Waals surface area contributed by atoms with Crippen LogP contribution in [0.5, 0.6) is 11.5 Å². The number of hydrogen-bond acceptors (Lipinski definition) is 5. The predicted molar refractivity (Wildman–Crippen MR) is 108 cm³/mol. The summed E-state index contributed by atoms with van der Waals surface area (Å²) in [7, 11) is 1.68. The Balaban J connectivity index is 1.52. The lowest BCUT2D eigenvalue weighted by Crippen LogP contribution is -2.58. The van der Waals surface area contributed by atoms with Gasteiger partial charge in [0.2, 0.25) is 0 Å². The van der Waals surface area contributed by atoms with Crippen LogP contribution in [0.15, 0.2) is 42.6 Å². The zero-order chi connectivity index (χ0) is 19.6. The Morgan fingerprint density at radius 3 is 2.57 bits per heavy atom. The molecule has 2 unspecified atom stereocenters. The minimum atomic E-state index is -0.799. The van der Waals surface area contributed by atoms with Crippen molar-refractivity contribution in [1.29, 1.82) is 0 Å². The van der Waals surface area contributed by atoms with E-state index in [4.69, 9.17) is 9.47 Å². The molecule has 1 aliphatic carbocycles. The van der Waals surface area contributed by atoms with Crippen molar-refractivity contribution >= 4 is 0 Å². The second-order valence-electron chi connectivity index (χ2n) is 7.98. The monoisotopic (exact) mass is 382 g/mol. The van der Waals surface area contributed by atoms with Crippen LogP contribution in [0, 0.1) is 11.8 Å². The third-order valence-electron chi connectivity index (χ3n) is 6.32. The van der Waals surface area contributed by atoms with Gasteiger partial charge in [-0.3, -0.25) is 9.88 Å². The van der Waals surface area contributed by atoms with E-state index < -0.39 is 5.60 Å². The number of nitrogens with zero attached hydrogens (tertiary/aromatic N) is 2. The molecule has 5 nitrogen and oxygen atoms in total. The predicted octanol–water partition coefficient (Wildman–Crippen LogP) is 3.61. The van der Waals surface area contributed by atoms with Gasteiger partial charge in [-0.25, -0.2) is 0 Å². The normalized spacial score (nSPS) is 27.4. The molecule has 1 aliphatic heterocycles. The summed E-state index contributed by atoms with van der Waals surface area (Å²) < 4.78 is 11.1. The van der Waals surface area contributed by atoms with Gasteiger partial charge in [-0.2, -0.15) is 0 Å². The highest BCUT2D eigenvalue weighted by atomic mass is 16.5. The van der Waals surface area contributed by atoms with Gasteiger partial charge >= 0.3 is 0 Å². The third-order valence-corrected chi connectivity index (χ3v) is 6.32. The van der Waals surface area contributed by atoms with E-state index in [2.05, 4.69) is 22.0 Å². The molecule has 2 bridgehead atoms. The molecule has 1 N–H and O–H groups in total. The summed E-state index contributed by atoms with van der Waals surface area (Å²) in [5, 5.41) is 11.7. The minimum absolute atomic E-state index is 0.222. The molecule has 150 valence electrons. The topological polar surface area (TPSA) is 54.8 Å². The standard InChI is InChI=1S/C23H30N2O3/c1-3-28-20-11-10-17(13-21(20)27-2)14-25-15-18-7-6-8-19(16-25)23(18,26)22-9-4-5-12-24-22/h4-5,9-13,18-19,26H,3,6-8,14-16H2,1-2H3. The van der Waals surface area contributed by atoms with Crippen LogP contribution in [0.25, 0.3) is 0 Å². The molecule has 2 heterocycles. The molecular weight excluding hydrogens is 352 g/mol. The van der Waals surface area contributed by atoms with Crippen LogP contribution in [0.3, 0.4) is 0 Å². The lowest BCUT2D eigenvalue weighted by atomic mass is 9.64. The van der Waals surface area contributed by atoms with Crippen LogP contribution in [0.1, 0.15) is 37.4 Å². The van der Waals surface area contributed by atoms with Gasteiger partial charge in [0.05, 0.1) is 19.4 Å². The molecule has 5 heteroatoms. The van der Waals surface area contributed by atoms with Crippen LogP contribution in [0.4, 0.5) is 0 Å². The maximum Gasteiger partial charge on any atom is 0.161 e. The molecule has 0 amide bonds. The molecule has 2 aromatic rings. The summed E-state index contributed by atoms with van der Waals surface area (Å²) in [6, 6.07) is 12.1. The molecule has 0 spiro atoms. The maximum atomic E-state index is 11.7. The molecular formula is C23H30N2O3. The van der Waals surface area contributed by atoms with Gasteiger partial charge in [0.25, 0.3) is 0 Å². The van der Waals surface area contributed by atoms with E-state index in [0.29, 0.717) is 6.61 Å². The minimum Gasteiger partial charge on any atom is -0.493 e. The molecule has 28 heavy (non-hydrogen) atoms. The average Bonchev–Trinajstić information content (AvgIpc) is 2.71. The number of pyridine rings is 1. The number of aliphatic hydroxyl groups is 1. The van der Waals surface area contributed by atoms with Crippen LogP contribution in [-0.4, -0.2) is 41.8 Å². The van der Waals surface area contributed by atoms with Gasteiger partial charge in [0, 0.05) is 37.7 Å². The Bertz CT molecular complexity index is 782. The third kappa shape index (κ3) is 3.49. The fourth-order valence-corrected chi connectivity index (χ4v) is 5.03. The molecule has 2 fully saturated rings. The highest BCUT2D eigenvalue weighted by Gasteiger charge is 2.52. The molecule has 0 radical (unpaired) electrons. The number of rotatable bonds is 6. The van der Waals surface area contributed by atoms with E-state index in [0.717, 1.165) is 49.7 Å². The van der Waals surface area contributed by atoms with Crippen molar-refractivity contribution in [3.05, 3.63) is 53.9 Å². The van der Waals surface area contributed by atoms with Gasteiger partial charge in [0.15, 0.2) is 11.5 Å². The van der Waals surface area contributed by atoms with Crippen molar-refractivity contribution in [2.45, 2.75) is 38.3 Å². The largest absolute Gasteiger partial charge is 0.493 e. The lowest BCUT2D eigenvalue weighted by molar-refractivity contribution is -0.151. The molecule has 1 saturated heterocycles. The SMILES string of the molecule is CCOc1ccc(CN2CC3CCCC(C2)C3(O)c2ccccn2)cc1OC. The Morgan fingerprint density at radius 1 is 1.14 bits per heavy atom. The van der Waals surface area contributed by atoms with E-state index in [1.807, 2.05) is 31.2 Å². The quantitative estimate of drug-likeness (QED) is 0.827. The van der Waals surface area contributed by atoms with Crippen LogP contribution in [0.2, 0.25) is 0 Å². The van der Waals surface area contributed by atoms with Crippen LogP contribution in [-0.2, 0) is 12.1 Å². The summed E-state index contributed by atoms with van der Waals surface area (Å²) >= 11 is 0. The zero-order valence-electron chi connectivity index (χ0n) is 16.8. The smallest absolute Gasteiger partial charge is 0.161 e. The van der Waals surface area contributed by atoms with E-state index >= 15 is 0 Å². The number of ether oxygens (including phenoxy) is 2. The summed E-state index contributed by atoms with van der Waals surface area (Å²) in [4.78, 5) is 6.99. The van der Waals surface area contributed by atoms with Crippen molar-refractivity contribution < 1.29 is 14.6 Å². The van der Waals surface area contributed by atoms with Gasteiger partial charge in [-0.1, -0.05) is 18.6 Å². The highest BCUT2D eigenvalue weighted by Crippen LogP contribution is 2.48. The number of piperidine rings is 1. The van der Waals surface area contributed by atoms with E-state index in [-0.39, 0.29) is 11.8 Å². The average molecular weight is 383 g/mol. The number of benzene rings is 1. The summed E-state index contributed by atoms with van der Waals surface area (Å²) in [5.74, 6) is 2.01. The van der Waals surface area contributed by atoms with Crippen molar-refractivity contribution in [2.24, 2.45) is 11.8 Å². The molecule has 1 aromatic heterocycles. The Labute approximate surface area is 167 Å². The molecule has 1 saturated carbocycles. The molecule has 1 aromatic carbocycles. The first-order valence-electron chi connectivity index (χ1n) is 10.3. The zero-order valence-corrected chi connectivity index (χ0v) is 16.8. The molecule has 4 rings (SSSR count). The van der Waals surface area contributed by atoms with Gasteiger partial charge < -0.3 is 14.6 Å². The first-order valence-corrected chi connectivity index (χ1v) is 10.3. The summed E-state index contributed by atoms with van der Waals surface area (Å²) in [6.07, 6.45) is 5.08. The first kappa shape index (κ1) is 19.2.